The van der Waals surface area contributed by atoms with Crippen LogP contribution in [0.5, 0.6) is 0 Å². The highest BCUT2D eigenvalue weighted by atomic mass is 35.5. The molecule has 1 aliphatic heterocycles. The Labute approximate surface area is 106 Å². The molecule has 0 N–H and O–H groups in total. The Balaban J connectivity index is 2.14. The molecule has 1 amide bonds. The van der Waals surface area contributed by atoms with Gasteiger partial charge in [-0.05, 0) is 25.5 Å². The summed E-state index contributed by atoms with van der Waals surface area (Å²) in [6, 6.07) is 3.39. The molecule has 0 bridgehead atoms. The molecule has 0 aromatic carbocycles. The van der Waals surface area contributed by atoms with Gasteiger partial charge in [-0.1, -0.05) is 11.6 Å². The molecule has 2 heterocycles. The van der Waals surface area contributed by atoms with Gasteiger partial charge in [0.15, 0.2) is 0 Å². The summed E-state index contributed by atoms with van der Waals surface area (Å²) in [4.78, 5) is 17.8. The third-order valence-electron chi connectivity index (χ3n) is 3.13. The van der Waals surface area contributed by atoms with E-state index in [1.165, 1.54) is 6.20 Å². The molecule has 17 heavy (non-hydrogen) atoms. The fourth-order valence-corrected chi connectivity index (χ4v) is 2.29. The van der Waals surface area contributed by atoms with Gasteiger partial charge in [-0.15, -0.1) is 0 Å². The van der Waals surface area contributed by atoms with E-state index < -0.39 is 0 Å². The van der Waals surface area contributed by atoms with Crippen molar-refractivity contribution in [2.45, 2.75) is 25.5 Å². The van der Waals surface area contributed by atoms with Crippen LogP contribution in [0.3, 0.4) is 0 Å². The zero-order chi connectivity index (χ0) is 12.4. The van der Waals surface area contributed by atoms with Gasteiger partial charge in [-0.3, -0.25) is 4.79 Å². The van der Waals surface area contributed by atoms with Gasteiger partial charge in [0.25, 0.3) is 5.91 Å². The number of halogens is 1. The van der Waals surface area contributed by atoms with Crippen LogP contribution in [0.1, 0.15) is 23.7 Å². The molecule has 1 fully saturated rings. The predicted molar refractivity (Wildman–Crippen MR) is 65.2 cm³/mol. The Morgan fingerprint density at radius 3 is 3.00 bits per heavy atom. The maximum absolute atomic E-state index is 12.2. The van der Waals surface area contributed by atoms with E-state index in [0.717, 1.165) is 6.42 Å². The summed E-state index contributed by atoms with van der Waals surface area (Å²) >= 11 is 5.78. The molecule has 0 saturated carbocycles. The Kier molecular flexibility index (Phi) is 3.64. The largest absolute Gasteiger partial charge is 0.376 e. The van der Waals surface area contributed by atoms with E-state index in [2.05, 4.69) is 4.98 Å². The number of ether oxygens (including phenoxy) is 1. The number of carbonyl (C=O) groups is 1. The maximum Gasteiger partial charge on any atom is 0.254 e. The molecular weight excluding hydrogens is 240 g/mol. The number of likely N-dealkylation sites (N-methyl/N-ethyl adjacent to an activating group) is 1. The highest BCUT2D eigenvalue weighted by Crippen LogP contribution is 2.20. The van der Waals surface area contributed by atoms with E-state index in [4.69, 9.17) is 16.3 Å². The van der Waals surface area contributed by atoms with Crippen molar-refractivity contribution in [3.8, 4) is 0 Å². The lowest BCUT2D eigenvalue weighted by Crippen LogP contribution is -2.41. The van der Waals surface area contributed by atoms with E-state index in [0.29, 0.717) is 17.3 Å². The molecule has 0 spiro atoms. The quantitative estimate of drug-likeness (QED) is 0.758. The smallest absolute Gasteiger partial charge is 0.254 e. The molecule has 1 aromatic heterocycles. The van der Waals surface area contributed by atoms with Gasteiger partial charge in [-0.2, -0.15) is 0 Å². The first-order chi connectivity index (χ1) is 8.09. The van der Waals surface area contributed by atoms with E-state index in [9.17, 15) is 4.79 Å². The fourth-order valence-electron chi connectivity index (χ4n) is 2.12. The Morgan fingerprint density at radius 2 is 2.41 bits per heavy atom. The van der Waals surface area contributed by atoms with E-state index in [1.807, 2.05) is 6.92 Å². The molecule has 4 nitrogen and oxygen atoms in total. The minimum Gasteiger partial charge on any atom is -0.376 e. The van der Waals surface area contributed by atoms with Crippen LogP contribution in [0.4, 0.5) is 0 Å². The fraction of sp³-hybridized carbons (Fsp3) is 0.500. The number of hydrogen-bond acceptors (Lipinski definition) is 3. The zero-order valence-electron chi connectivity index (χ0n) is 9.89. The number of nitrogens with zero attached hydrogens (tertiary/aromatic N) is 2. The number of amides is 1. The van der Waals surface area contributed by atoms with Gasteiger partial charge in [0, 0.05) is 25.4 Å². The van der Waals surface area contributed by atoms with Gasteiger partial charge < -0.3 is 9.64 Å². The number of aromatic nitrogens is 1. The molecular formula is C12H15ClN2O2. The second kappa shape index (κ2) is 5.02. The topological polar surface area (TPSA) is 42.4 Å². The van der Waals surface area contributed by atoms with Crippen molar-refractivity contribution in [3.05, 3.63) is 29.0 Å². The standard InChI is InChI=1S/C12H15ClN2O2/c1-8-10(4-6-17-8)15(2)12(16)9-3-5-14-11(13)7-9/h3,5,7-8,10H,4,6H2,1-2H3. The number of carbonyl (C=O) groups excluding carboxylic acids is 1. The SMILES string of the molecule is CC1OCCC1N(C)C(=O)c1ccnc(Cl)c1. The minimum atomic E-state index is -0.0448. The van der Waals surface area contributed by atoms with Crippen molar-refractivity contribution in [2.24, 2.45) is 0 Å². The van der Waals surface area contributed by atoms with Crippen LogP contribution in [0, 0.1) is 0 Å². The zero-order valence-corrected chi connectivity index (χ0v) is 10.6. The van der Waals surface area contributed by atoms with Crippen LogP contribution in [-0.2, 0) is 4.74 Å². The summed E-state index contributed by atoms with van der Waals surface area (Å²) in [7, 11) is 1.80. The number of pyridine rings is 1. The normalized spacial score (nSPS) is 23.7. The molecule has 1 saturated heterocycles. The highest BCUT2D eigenvalue weighted by Gasteiger charge is 2.30. The van der Waals surface area contributed by atoms with Gasteiger partial charge in [0.2, 0.25) is 0 Å². The van der Waals surface area contributed by atoms with Crippen molar-refractivity contribution in [1.29, 1.82) is 0 Å². The first-order valence-electron chi connectivity index (χ1n) is 5.60. The molecule has 0 radical (unpaired) electrons. The lowest BCUT2D eigenvalue weighted by molar-refractivity contribution is 0.0574. The highest BCUT2D eigenvalue weighted by molar-refractivity contribution is 6.29. The van der Waals surface area contributed by atoms with Crippen molar-refractivity contribution < 1.29 is 9.53 Å². The first-order valence-corrected chi connectivity index (χ1v) is 5.97. The summed E-state index contributed by atoms with van der Waals surface area (Å²) in [6.45, 7) is 2.70. The van der Waals surface area contributed by atoms with Crippen molar-refractivity contribution in [3.63, 3.8) is 0 Å². The third-order valence-corrected chi connectivity index (χ3v) is 3.33. The van der Waals surface area contributed by atoms with Crippen LogP contribution in [-0.4, -0.2) is 41.6 Å². The summed E-state index contributed by atoms with van der Waals surface area (Å²) < 4.78 is 5.46. The second-order valence-electron chi connectivity index (χ2n) is 4.22. The number of hydrogen-bond donors (Lipinski definition) is 0. The molecule has 2 rings (SSSR count). The van der Waals surface area contributed by atoms with Crippen LogP contribution in [0.2, 0.25) is 5.15 Å². The molecule has 5 heteroatoms. The lowest BCUT2D eigenvalue weighted by Gasteiger charge is -2.26. The van der Waals surface area contributed by atoms with Crippen molar-refractivity contribution in [1.82, 2.24) is 9.88 Å². The molecule has 0 aliphatic carbocycles. The Bertz CT molecular complexity index is 425. The van der Waals surface area contributed by atoms with Crippen LogP contribution in [0.15, 0.2) is 18.3 Å². The maximum atomic E-state index is 12.2. The second-order valence-corrected chi connectivity index (χ2v) is 4.60. The monoisotopic (exact) mass is 254 g/mol. The van der Waals surface area contributed by atoms with Gasteiger partial charge >= 0.3 is 0 Å². The van der Waals surface area contributed by atoms with Crippen molar-refractivity contribution in [2.75, 3.05) is 13.7 Å². The summed E-state index contributed by atoms with van der Waals surface area (Å²) in [5.41, 5.74) is 0.562. The van der Waals surface area contributed by atoms with E-state index >= 15 is 0 Å². The molecule has 92 valence electrons. The molecule has 2 unspecified atom stereocenters. The average Bonchev–Trinajstić information content (AvgIpc) is 2.73. The van der Waals surface area contributed by atoms with E-state index in [1.54, 1.807) is 24.1 Å². The lowest BCUT2D eigenvalue weighted by atomic mass is 10.1. The molecule has 2 atom stereocenters. The number of rotatable bonds is 2. The summed E-state index contributed by atoms with van der Waals surface area (Å²) in [6.07, 6.45) is 2.50. The van der Waals surface area contributed by atoms with Gasteiger partial charge in [0.05, 0.1) is 12.1 Å². The Hall–Kier alpha value is -1.13. The molecule has 1 aliphatic rings. The van der Waals surface area contributed by atoms with Crippen molar-refractivity contribution >= 4 is 17.5 Å². The van der Waals surface area contributed by atoms with Gasteiger partial charge in [-0.25, -0.2) is 4.98 Å². The third kappa shape index (κ3) is 2.58. The van der Waals surface area contributed by atoms with E-state index in [-0.39, 0.29) is 18.1 Å². The minimum absolute atomic E-state index is 0.0448. The average molecular weight is 255 g/mol. The summed E-state index contributed by atoms with van der Waals surface area (Å²) in [5, 5.41) is 0.333. The van der Waals surface area contributed by atoms with Crippen LogP contribution in [0.25, 0.3) is 0 Å². The Morgan fingerprint density at radius 1 is 1.65 bits per heavy atom. The van der Waals surface area contributed by atoms with Crippen LogP contribution < -0.4 is 0 Å². The molecule has 1 aromatic rings. The summed E-state index contributed by atoms with van der Waals surface area (Å²) in [5.74, 6) is -0.0448. The van der Waals surface area contributed by atoms with Gasteiger partial charge in [0.1, 0.15) is 5.15 Å². The van der Waals surface area contributed by atoms with Crippen LogP contribution >= 0.6 is 11.6 Å². The first kappa shape index (κ1) is 12.3. The predicted octanol–water partition coefficient (Wildman–Crippen LogP) is 1.98.